The Morgan fingerprint density at radius 1 is 0.690 bits per heavy atom. The number of amides is 2. The van der Waals surface area contributed by atoms with Crippen molar-refractivity contribution < 1.29 is 19.2 Å². The molecule has 0 radical (unpaired) electrons. The van der Waals surface area contributed by atoms with Gasteiger partial charge in [-0.2, -0.15) is 0 Å². The van der Waals surface area contributed by atoms with Gasteiger partial charge in [0.1, 0.15) is 11.4 Å². The summed E-state index contributed by atoms with van der Waals surface area (Å²) in [6.07, 6.45) is 8.57. The van der Waals surface area contributed by atoms with Crippen molar-refractivity contribution >= 4 is 35.8 Å². The lowest BCUT2D eigenvalue weighted by Crippen LogP contribution is -2.16. The van der Waals surface area contributed by atoms with Crippen LogP contribution >= 0.6 is 0 Å². The van der Waals surface area contributed by atoms with Gasteiger partial charge in [0, 0.05) is 34.9 Å². The highest BCUT2D eigenvalue weighted by Gasteiger charge is 2.28. The van der Waals surface area contributed by atoms with Crippen LogP contribution in [0.1, 0.15) is 101 Å². The number of carbonyl (C=O) groups is 4. The molecule has 2 aromatic heterocycles. The van der Waals surface area contributed by atoms with Crippen molar-refractivity contribution in [2.45, 2.75) is 51.4 Å². The number of hydrogen-bond donors (Lipinski definition) is 2. The molecule has 0 unspecified atom stereocenters. The molecule has 8 nitrogen and oxygen atoms in total. The fourth-order valence-corrected chi connectivity index (χ4v) is 5.40. The first-order valence-corrected chi connectivity index (χ1v) is 14.1. The molecule has 42 heavy (non-hydrogen) atoms. The van der Waals surface area contributed by atoms with E-state index in [2.05, 4.69) is 20.6 Å². The zero-order chi connectivity index (χ0) is 29.4. The van der Waals surface area contributed by atoms with Gasteiger partial charge in [-0.1, -0.05) is 24.3 Å². The molecule has 2 N–H and O–H groups in total. The lowest BCUT2D eigenvalue weighted by molar-refractivity contribution is 0.101. The summed E-state index contributed by atoms with van der Waals surface area (Å²) in [5.41, 5.74) is 8.21. The molecular weight excluding hydrogens is 528 g/mol. The second-order valence-electron chi connectivity index (χ2n) is 11.0. The molecule has 8 heteroatoms. The first-order valence-electron chi connectivity index (χ1n) is 14.1. The third kappa shape index (κ3) is 5.35. The average molecular weight is 559 g/mol. The topological polar surface area (TPSA) is 118 Å². The molecule has 2 aromatic carbocycles. The predicted molar refractivity (Wildman–Crippen MR) is 160 cm³/mol. The van der Waals surface area contributed by atoms with Crippen LogP contribution in [0.3, 0.4) is 0 Å². The number of carbonyl (C=O) groups excluding carboxylic acids is 4. The monoisotopic (exact) mass is 558 g/mol. The predicted octanol–water partition coefficient (Wildman–Crippen LogP) is 6.64. The molecule has 0 spiro atoms. The molecule has 2 saturated carbocycles. The number of anilines is 2. The fraction of sp³-hybridized carbons (Fsp3) is 0.235. The summed E-state index contributed by atoms with van der Waals surface area (Å²) < 4.78 is 0. The van der Waals surface area contributed by atoms with E-state index in [1.807, 2.05) is 50.2 Å². The van der Waals surface area contributed by atoms with E-state index in [1.54, 1.807) is 12.1 Å². The minimum atomic E-state index is -0.342. The summed E-state index contributed by atoms with van der Waals surface area (Å²) >= 11 is 0. The number of pyridine rings is 2. The van der Waals surface area contributed by atoms with E-state index in [9.17, 15) is 19.2 Å². The molecular formula is C34H30N4O4. The molecule has 4 aromatic rings. The van der Waals surface area contributed by atoms with Gasteiger partial charge in [-0.05, 0) is 109 Å². The normalized spacial score (nSPS) is 14.2. The summed E-state index contributed by atoms with van der Waals surface area (Å²) in [6, 6.07) is 14.8. The highest BCUT2D eigenvalue weighted by atomic mass is 16.2. The Morgan fingerprint density at radius 3 is 1.45 bits per heavy atom. The first kappa shape index (κ1) is 27.2. The Bertz CT molecular complexity index is 1630. The van der Waals surface area contributed by atoms with E-state index in [0.717, 1.165) is 71.6 Å². The lowest BCUT2D eigenvalue weighted by atomic mass is 9.94. The Labute approximate surface area is 243 Å². The van der Waals surface area contributed by atoms with E-state index >= 15 is 0 Å². The Balaban J connectivity index is 1.24. The summed E-state index contributed by atoms with van der Waals surface area (Å²) in [5.74, 6) is -0.0587. The van der Waals surface area contributed by atoms with E-state index in [-0.39, 0.29) is 23.2 Å². The van der Waals surface area contributed by atoms with Crippen molar-refractivity contribution in [3.05, 3.63) is 106 Å². The summed E-state index contributed by atoms with van der Waals surface area (Å²) in [5, 5.41) is 5.97. The molecule has 2 heterocycles. The van der Waals surface area contributed by atoms with Crippen molar-refractivity contribution in [2.75, 3.05) is 10.6 Å². The Hall–Kier alpha value is -4.98. The third-order valence-electron chi connectivity index (χ3n) is 8.14. The molecule has 210 valence electrons. The second-order valence-corrected chi connectivity index (χ2v) is 11.0. The van der Waals surface area contributed by atoms with Gasteiger partial charge in [0.2, 0.25) is 0 Å². The van der Waals surface area contributed by atoms with Crippen LogP contribution in [-0.2, 0) is 0 Å². The maximum absolute atomic E-state index is 13.2. The van der Waals surface area contributed by atoms with Crippen LogP contribution in [0.4, 0.5) is 11.4 Å². The van der Waals surface area contributed by atoms with Gasteiger partial charge in [0.25, 0.3) is 11.8 Å². The van der Waals surface area contributed by atoms with Crippen LogP contribution < -0.4 is 10.6 Å². The van der Waals surface area contributed by atoms with Crippen LogP contribution in [0.25, 0.3) is 11.1 Å². The molecule has 2 amide bonds. The Kier molecular flexibility index (Phi) is 7.20. The number of nitrogens with zero attached hydrogens (tertiary/aromatic N) is 2. The van der Waals surface area contributed by atoms with Crippen LogP contribution in [0.2, 0.25) is 0 Å². The maximum atomic E-state index is 13.2. The van der Waals surface area contributed by atoms with Crippen LogP contribution in [0.5, 0.6) is 0 Å². The number of benzene rings is 2. The number of nitrogens with one attached hydrogen (secondary N) is 2. The quantitative estimate of drug-likeness (QED) is 0.222. The van der Waals surface area contributed by atoms with E-state index in [1.165, 1.54) is 12.4 Å². The zero-order valence-electron chi connectivity index (χ0n) is 23.4. The van der Waals surface area contributed by atoms with Gasteiger partial charge in [0.15, 0.2) is 12.6 Å². The minimum absolute atomic E-state index is 0.271. The minimum Gasteiger partial charge on any atom is -0.320 e. The summed E-state index contributed by atoms with van der Waals surface area (Å²) in [4.78, 5) is 57.6. The zero-order valence-corrected chi connectivity index (χ0v) is 23.4. The smallest absolute Gasteiger partial charge is 0.274 e. The van der Waals surface area contributed by atoms with Gasteiger partial charge in [0.05, 0.1) is 0 Å². The number of hydrogen-bond acceptors (Lipinski definition) is 6. The van der Waals surface area contributed by atoms with Gasteiger partial charge in [-0.25, -0.2) is 0 Å². The third-order valence-corrected chi connectivity index (χ3v) is 8.14. The number of aldehydes is 2. The fourth-order valence-electron chi connectivity index (χ4n) is 5.40. The molecule has 0 saturated heterocycles. The molecule has 0 aliphatic heterocycles. The molecule has 6 rings (SSSR count). The molecule has 2 aliphatic rings. The van der Waals surface area contributed by atoms with Crippen molar-refractivity contribution in [1.29, 1.82) is 0 Å². The summed E-state index contributed by atoms with van der Waals surface area (Å²) in [6.45, 7) is 3.87. The molecule has 2 aliphatic carbocycles. The number of aromatic nitrogens is 2. The van der Waals surface area contributed by atoms with Gasteiger partial charge < -0.3 is 10.6 Å². The van der Waals surface area contributed by atoms with Crippen molar-refractivity contribution in [1.82, 2.24) is 9.97 Å². The first-order chi connectivity index (χ1) is 20.4. The van der Waals surface area contributed by atoms with Gasteiger partial charge in [-0.3, -0.25) is 29.1 Å². The van der Waals surface area contributed by atoms with E-state index in [4.69, 9.17) is 0 Å². The highest BCUT2D eigenvalue weighted by molar-refractivity contribution is 6.05. The van der Waals surface area contributed by atoms with Crippen LogP contribution in [0, 0.1) is 13.8 Å². The molecule has 0 bridgehead atoms. The van der Waals surface area contributed by atoms with Crippen molar-refractivity contribution in [2.24, 2.45) is 0 Å². The highest BCUT2D eigenvalue weighted by Crippen LogP contribution is 2.42. The number of rotatable bonds is 9. The van der Waals surface area contributed by atoms with Crippen molar-refractivity contribution in [3.63, 3.8) is 0 Å². The van der Waals surface area contributed by atoms with Gasteiger partial charge >= 0.3 is 0 Å². The molecule has 0 atom stereocenters. The summed E-state index contributed by atoms with van der Waals surface area (Å²) in [7, 11) is 0. The second kappa shape index (κ2) is 11.1. The maximum Gasteiger partial charge on any atom is 0.274 e. The lowest BCUT2D eigenvalue weighted by Gasteiger charge is -2.17. The van der Waals surface area contributed by atoms with Crippen LogP contribution in [0.15, 0.2) is 60.9 Å². The van der Waals surface area contributed by atoms with Crippen LogP contribution in [-0.4, -0.2) is 34.4 Å². The van der Waals surface area contributed by atoms with E-state index in [0.29, 0.717) is 34.3 Å². The van der Waals surface area contributed by atoms with E-state index < -0.39 is 0 Å². The standard InChI is InChI=1S/C34H30N4O4/c1-19-25(5-3-7-29(19)37-33(41)31-13-27(21-9-10-21)23(17-39)15-35-31)26-6-4-8-30(20(26)2)38-34(42)32-14-28(22-11-12-22)24(18-40)16-36-32/h3-8,13-18,21-22H,9-12H2,1-2H3,(H,37,41)(H,38,42). The van der Waals surface area contributed by atoms with Gasteiger partial charge in [-0.15, -0.1) is 0 Å². The average Bonchev–Trinajstić information content (AvgIpc) is 3.93. The Morgan fingerprint density at radius 2 is 1.10 bits per heavy atom. The largest absolute Gasteiger partial charge is 0.320 e. The van der Waals surface area contributed by atoms with Crippen molar-refractivity contribution in [3.8, 4) is 11.1 Å². The molecule has 2 fully saturated rings. The SMILES string of the molecule is Cc1c(NC(=O)c2cc(C3CC3)c(C=O)cn2)cccc1-c1cccc(NC(=O)c2cc(C3CC3)c(C=O)cn2)c1C.